The Kier molecular flexibility index (Phi) is 4.32. The second kappa shape index (κ2) is 4.93. The molecule has 0 spiro atoms. The molecule has 0 aliphatic carbocycles. The Morgan fingerprint density at radius 2 is 2.00 bits per heavy atom. The van der Waals surface area contributed by atoms with Crippen molar-refractivity contribution in [1.82, 2.24) is 0 Å². The molecule has 0 radical (unpaired) electrons. The van der Waals surface area contributed by atoms with Crippen molar-refractivity contribution < 1.29 is 23.2 Å². The van der Waals surface area contributed by atoms with Crippen LogP contribution in [0.3, 0.4) is 0 Å². The standard InChI is InChI=1S/C9H19O5P/c1-4-8(10)5-12-15(11)13-6-9(2,3)7-14-15/h8,10H,4-7H2,1-3H3. The molecule has 1 unspecified atom stereocenters. The maximum absolute atomic E-state index is 11.8. The van der Waals surface area contributed by atoms with Gasteiger partial charge in [0.25, 0.3) is 0 Å². The number of rotatable bonds is 4. The van der Waals surface area contributed by atoms with E-state index in [1.165, 1.54) is 0 Å². The number of phosphoric ester groups is 1. The Morgan fingerprint density at radius 3 is 2.47 bits per heavy atom. The van der Waals surface area contributed by atoms with E-state index in [2.05, 4.69) is 0 Å². The highest BCUT2D eigenvalue weighted by atomic mass is 31.2. The van der Waals surface area contributed by atoms with Crippen molar-refractivity contribution >= 4 is 7.82 Å². The predicted molar refractivity (Wildman–Crippen MR) is 55.5 cm³/mol. The molecule has 1 atom stereocenters. The summed E-state index contributed by atoms with van der Waals surface area (Å²) >= 11 is 0. The maximum atomic E-state index is 11.8. The number of hydrogen-bond acceptors (Lipinski definition) is 5. The lowest BCUT2D eigenvalue weighted by molar-refractivity contribution is -0.0113. The zero-order valence-corrected chi connectivity index (χ0v) is 10.3. The zero-order chi connectivity index (χ0) is 11.5. The van der Waals surface area contributed by atoms with Gasteiger partial charge < -0.3 is 5.11 Å². The largest absolute Gasteiger partial charge is 0.474 e. The van der Waals surface area contributed by atoms with E-state index < -0.39 is 13.9 Å². The van der Waals surface area contributed by atoms with Gasteiger partial charge in [-0.15, -0.1) is 0 Å². The Balaban J connectivity index is 2.39. The molecule has 1 rings (SSSR count). The molecule has 6 heteroatoms. The topological polar surface area (TPSA) is 65.0 Å². The summed E-state index contributed by atoms with van der Waals surface area (Å²) in [6.07, 6.45) is -0.0798. The molecular formula is C9H19O5P. The van der Waals surface area contributed by atoms with Crippen LogP contribution < -0.4 is 0 Å². The van der Waals surface area contributed by atoms with Gasteiger partial charge in [-0.1, -0.05) is 20.8 Å². The van der Waals surface area contributed by atoms with Crippen molar-refractivity contribution in [3.8, 4) is 0 Å². The first-order valence-electron chi connectivity index (χ1n) is 5.09. The fourth-order valence-electron chi connectivity index (χ4n) is 0.956. The molecule has 1 fully saturated rings. The zero-order valence-electron chi connectivity index (χ0n) is 9.43. The molecule has 0 aromatic heterocycles. The quantitative estimate of drug-likeness (QED) is 0.758. The lowest BCUT2D eigenvalue weighted by atomic mass is 9.97. The summed E-state index contributed by atoms with van der Waals surface area (Å²) in [7, 11) is -3.42. The fraction of sp³-hybridized carbons (Fsp3) is 1.00. The summed E-state index contributed by atoms with van der Waals surface area (Å²) in [6, 6.07) is 0. The third kappa shape index (κ3) is 4.21. The van der Waals surface area contributed by atoms with Crippen molar-refractivity contribution in [2.24, 2.45) is 5.41 Å². The van der Waals surface area contributed by atoms with E-state index in [4.69, 9.17) is 13.6 Å². The first kappa shape index (κ1) is 13.1. The van der Waals surface area contributed by atoms with Gasteiger partial charge in [-0.2, -0.15) is 0 Å². The molecule has 15 heavy (non-hydrogen) atoms. The van der Waals surface area contributed by atoms with Crippen LogP contribution in [0.5, 0.6) is 0 Å². The monoisotopic (exact) mass is 238 g/mol. The Hall–Kier alpha value is 0.0700. The number of hydrogen-bond donors (Lipinski definition) is 1. The summed E-state index contributed by atoms with van der Waals surface area (Å²) < 4.78 is 26.9. The summed E-state index contributed by atoms with van der Waals surface area (Å²) in [5.41, 5.74) is -0.138. The minimum absolute atomic E-state index is 0.0196. The molecule has 0 amide bonds. The minimum Gasteiger partial charge on any atom is -0.391 e. The second-order valence-corrected chi connectivity index (χ2v) is 6.19. The van der Waals surface area contributed by atoms with Crippen molar-refractivity contribution in [1.29, 1.82) is 0 Å². The number of phosphoric acid groups is 1. The van der Waals surface area contributed by atoms with Gasteiger partial charge in [-0.3, -0.25) is 13.6 Å². The lowest BCUT2D eigenvalue weighted by Gasteiger charge is -2.33. The Morgan fingerprint density at radius 1 is 1.47 bits per heavy atom. The van der Waals surface area contributed by atoms with Crippen molar-refractivity contribution in [2.45, 2.75) is 33.3 Å². The van der Waals surface area contributed by atoms with Crippen LogP contribution in [0.25, 0.3) is 0 Å². The van der Waals surface area contributed by atoms with E-state index in [-0.39, 0.29) is 12.0 Å². The van der Waals surface area contributed by atoms with Crippen LogP contribution in [-0.4, -0.2) is 31.0 Å². The highest BCUT2D eigenvalue weighted by Crippen LogP contribution is 2.54. The van der Waals surface area contributed by atoms with Gasteiger partial charge in [0, 0.05) is 5.41 Å². The van der Waals surface area contributed by atoms with Gasteiger partial charge in [0.05, 0.1) is 25.9 Å². The Bertz CT molecular complexity index is 239. The average molecular weight is 238 g/mol. The van der Waals surface area contributed by atoms with E-state index in [1.54, 1.807) is 0 Å². The molecule has 0 saturated carbocycles. The van der Waals surface area contributed by atoms with Crippen molar-refractivity contribution in [3.63, 3.8) is 0 Å². The van der Waals surface area contributed by atoms with Crippen LogP contribution in [0.1, 0.15) is 27.2 Å². The van der Waals surface area contributed by atoms with Gasteiger partial charge in [0.1, 0.15) is 0 Å². The molecule has 90 valence electrons. The van der Waals surface area contributed by atoms with E-state index in [9.17, 15) is 9.67 Å². The Labute approximate surface area is 90.3 Å². The van der Waals surface area contributed by atoms with Crippen LogP contribution >= 0.6 is 7.82 Å². The van der Waals surface area contributed by atoms with Gasteiger partial charge in [-0.25, -0.2) is 4.57 Å². The van der Waals surface area contributed by atoms with E-state index in [0.717, 1.165) is 0 Å². The second-order valence-electron chi connectivity index (χ2n) is 4.52. The molecule has 0 bridgehead atoms. The van der Waals surface area contributed by atoms with E-state index in [1.807, 2.05) is 20.8 Å². The van der Waals surface area contributed by atoms with Crippen LogP contribution in [0.2, 0.25) is 0 Å². The normalized spacial score (nSPS) is 26.1. The average Bonchev–Trinajstić information content (AvgIpc) is 2.20. The molecule has 1 heterocycles. The summed E-state index contributed by atoms with van der Waals surface area (Å²) in [4.78, 5) is 0. The van der Waals surface area contributed by atoms with Crippen molar-refractivity contribution in [2.75, 3.05) is 19.8 Å². The highest BCUT2D eigenvalue weighted by molar-refractivity contribution is 7.48. The van der Waals surface area contributed by atoms with E-state index >= 15 is 0 Å². The van der Waals surface area contributed by atoms with Crippen molar-refractivity contribution in [3.05, 3.63) is 0 Å². The smallest absolute Gasteiger partial charge is 0.391 e. The molecular weight excluding hydrogens is 219 g/mol. The summed E-state index contributed by atoms with van der Waals surface area (Å²) in [6.45, 7) is 6.39. The first-order valence-corrected chi connectivity index (χ1v) is 6.55. The fourth-order valence-corrected chi connectivity index (χ4v) is 2.55. The van der Waals surface area contributed by atoms with Crippen LogP contribution in [0, 0.1) is 5.41 Å². The van der Waals surface area contributed by atoms with Crippen LogP contribution in [0.15, 0.2) is 0 Å². The molecule has 0 aromatic carbocycles. The SMILES string of the molecule is CCC(O)COP1(=O)OCC(C)(C)CO1. The van der Waals surface area contributed by atoms with Gasteiger partial charge in [-0.05, 0) is 6.42 Å². The highest BCUT2D eigenvalue weighted by Gasteiger charge is 2.38. The third-order valence-electron chi connectivity index (χ3n) is 2.12. The maximum Gasteiger partial charge on any atom is 0.474 e. The molecule has 1 saturated heterocycles. The van der Waals surface area contributed by atoms with E-state index in [0.29, 0.717) is 19.6 Å². The van der Waals surface area contributed by atoms with Crippen LogP contribution in [-0.2, 0) is 18.1 Å². The summed E-state index contributed by atoms with van der Waals surface area (Å²) in [5, 5.41) is 9.25. The molecule has 1 aliphatic heterocycles. The van der Waals surface area contributed by atoms with Gasteiger partial charge in [0.15, 0.2) is 0 Å². The van der Waals surface area contributed by atoms with Gasteiger partial charge >= 0.3 is 7.82 Å². The predicted octanol–water partition coefficient (Wildman–Crippen LogP) is 1.95. The third-order valence-corrected chi connectivity index (χ3v) is 3.48. The van der Waals surface area contributed by atoms with Crippen LogP contribution in [0.4, 0.5) is 0 Å². The molecule has 1 aliphatic rings. The minimum atomic E-state index is -3.42. The molecule has 5 nitrogen and oxygen atoms in total. The molecule has 0 aromatic rings. The first-order chi connectivity index (χ1) is 6.87. The molecule has 1 N–H and O–H groups in total. The number of aliphatic hydroxyl groups excluding tert-OH is 1. The lowest BCUT2D eigenvalue weighted by Crippen LogP contribution is -2.30. The number of aliphatic hydroxyl groups is 1. The van der Waals surface area contributed by atoms with Gasteiger partial charge in [0.2, 0.25) is 0 Å². The summed E-state index contributed by atoms with van der Waals surface area (Å²) in [5.74, 6) is 0.